The van der Waals surface area contributed by atoms with E-state index in [-0.39, 0.29) is 31.2 Å². The number of aliphatic carboxylic acids is 1. The van der Waals surface area contributed by atoms with Crippen molar-refractivity contribution < 1.29 is 19.5 Å². The number of rotatable bonds is 5. The second-order valence-electron chi connectivity index (χ2n) is 5.26. The van der Waals surface area contributed by atoms with Gasteiger partial charge in [-0.25, -0.2) is 0 Å². The number of carbonyl (C=O) groups excluding carboxylic acids is 2. The van der Waals surface area contributed by atoms with Gasteiger partial charge in [0.25, 0.3) is 0 Å². The maximum atomic E-state index is 12.3. The van der Waals surface area contributed by atoms with Crippen molar-refractivity contribution in [3.05, 3.63) is 28.7 Å². The summed E-state index contributed by atoms with van der Waals surface area (Å²) in [6, 6.07) is 7.36. The Hall–Kier alpha value is -1.89. The van der Waals surface area contributed by atoms with E-state index in [4.69, 9.17) is 5.11 Å². The molecule has 1 atom stereocenters. The molecule has 1 aromatic carbocycles. The molecule has 0 radical (unpaired) electrons. The molecule has 0 aromatic heterocycles. The van der Waals surface area contributed by atoms with E-state index in [0.29, 0.717) is 6.54 Å². The summed E-state index contributed by atoms with van der Waals surface area (Å²) in [6.07, 6.45) is 0.0500. The number of para-hydroxylation sites is 1. The largest absolute Gasteiger partial charge is 0.481 e. The van der Waals surface area contributed by atoms with Crippen molar-refractivity contribution in [2.45, 2.75) is 12.8 Å². The molecule has 0 bridgehead atoms. The normalized spacial score (nSPS) is 17.6. The molecule has 0 aliphatic carbocycles. The molecule has 1 aromatic rings. The molecule has 1 aliphatic heterocycles. The zero-order valence-corrected chi connectivity index (χ0v) is 13.7. The minimum Gasteiger partial charge on any atom is -0.481 e. The third-order valence-electron chi connectivity index (χ3n) is 3.65. The quantitative estimate of drug-likeness (QED) is 0.858. The fraction of sp³-hybridized carbons (Fsp3) is 0.400. The summed E-state index contributed by atoms with van der Waals surface area (Å²) >= 11 is 3.41. The second-order valence-corrected chi connectivity index (χ2v) is 6.11. The van der Waals surface area contributed by atoms with Crippen molar-refractivity contribution in [2.75, 3.05) is 25.0 Å². The molecule has 1 saturated heterocycles. The van der Waals surface area contributed by atoms with Gasteiger partial charge in [-0.15, -0.1) is 0 Å². The molecule has 2 rings (SSSR count). The minimum absolute atomic E-state index is 0.100. The number of anilines is 1. The van der Waals surface area contributed by atoms with Crippen LogP contribution in [0, 0.1) is 5.92 Å². The number of carbonyl (C=O) groups is 3. The molecule has 1 heterocycles. The first kappa shape index (κ1) is 16.5. The van der Waals surface area contributed by atoms with Crippen LogP contribution in [-0.2, 0) is 14.4 Å². The Labute approximate surface area is 136 Å². The summed E-state index contributed by atoms with van der Waals surface area (Å²) < 4.78 is 0.802. The zero-order chi connectivity index (χ0) is 16.3. The van der Waals surface area contributed by atoms with Gasteiger partial charge in [0.2, 0.25) is 11.8 Å². The van der Waals surface area contributed by atoms with Crippen molar-refractivity contribution in [1.82, 2.24) is 4.90 Å². The second kappa shape index (κ2) is 6.91. The van der Waals surface area contributed by atoms with E-state index in [1.165, 1.54) is 4.90 Å². The number of hydrogen-bond donors (Lipinski definition) is 1. The van der Waals surface area contributed by atoms with E-state index >= 15 is 0 Å². The van der Waals surface area contributed by atoms with Crippen LogP contribution in [-0.4, -0.2) is 47.9 Å². The van der Waals surface area contributed by atoms with Crippen molar-refractivity contribution in [1.29, 1.82) is 0 Å². The number of carboxylic acid groups (broad SMARTS) is 1. The van der Waals surface area contributed by atoms with Gasteiger partial charge in [0.05, 0.1) is 18.0 Å². The lowest BCUT2D eigenvalue weighted by Gasteiger charge is -2.21. The van der Waals surface area contributed by atoms with E-state index in [0.717, 1.165) is 10.2 Å². The lowest BCUT2D eigenvalue weighted by molar-refractivity contribution is -0.139. The predicted octanol–water partition coefficient (Wildman–Crippen LogP) is 1.74. The smallest absolute Gasteiger partial charge is 0.305 e. The number of carboxylic acids is 1. The highest BCUT2D eigenvalue weighted by molar-refractivity contribution is 9.10. The first-order valence-corrected chi connectivity index (χ1v) is 7.71. The molecule has 0 spiro atoms. The zero-order valence-electron chi connectivity index (χ0n) is 12.2. The average molecular weight is 369 g/mol. The van der Waals surface area contributed by atoms with Gasteiger partial charge in [-0.3, -0.25) is 14.4 Å². The van der Waals surface area contributed by atoms with Gasteiger partial charge in [0.15, 0.2) is 0 Å². The van der Waals surface area contributed by atoms with Crippen LogP contribution in [0.15, 0.2) is 28.7 Å². The third-order valence-corrected chi connectivity index (χ3v) is 4.33. The van der Waals surface area contributed by atoms with Crippen LogP contribution in [0.3, 0.4) is 0 Å². The van der Waals surface area contributed by atoms with Crippen LogP contribution in [0.2, 0.25) is 0 Å². The van der Waals surface area contributed by atoms with E-state index < -0.39 is 11.9 Å². The summed E-state index contributed by atoms with van der Waals surface area (Å²) in [7, 11) is 1.57. The number of halogens is 1. The van der Waals surface area contributed by atoms with E-state index in [1.54, 1.807) is 11.9 Å². The number of benzene rings is 1. The molecule has 22 heavy (non-hydrogen) atoms. The lowest BCUT2D eigenvalue weighted by Crippen LogP contribution is -2.36. The number of nitrogens with zero attached hydrogens (tertiary/aromatic N) is 2. The summed E-state index contributed by atoms with van der Waals surface area (Å²) in [5.41, 5.74) is 0.746. The molecule has 1 unspecified atom stereocenters. The van der Waals surface area contributed by atoms with Gasteiger partial charge in [-0.05, 0) is 28.1 Å². The third kappa shape index (κ3) is 3.65. The molecular weight excluding hydrogens is 352 g/mol. The Bertz CT molecular complexity index is 605. The fourth-order valence-electron chi connectivity index (χ4n) is 2.46. The molecule has 6 nitrogen and oxygen atoms in total. The molecule has 1 N–H and O–H groups in total. The molecule has 2 amide bonds. The maximum Gasteiger partial charge on any atom is 0.305 e. The molecule has 0 saturated carbocycles. The Morgan fingerprint density at radius 3 is 2.73 bits per heavy atom. The van der Waals surface area contributed by atoms with Crippen LogP contribution in [0.1, 0.15) is 12.8 Å². The minimum atomic E-state index is -0.947. The fourth-order valence-corrected chi connectivity index (χ4v) is 2.96. The standard InChI is InChI=1S/C15H17BrN2O4/c1-17(7-6-14(20)21)15(22)10-8-13(19)18(9-10)12-5-3-2-4-11(12)16/h2-5,10H,6-9H2,1H3,(H,20,21). The van der Waals surface area contributed by atoms with Crippen molar-refractivity contribution >= 4 is 39.4 Å². The van der Waals surface area contributed by atoms with E-state index in [2.05, 4.69) is 15.9 Å². The SMILES string of the molecule is CN(CCC(=O)O)C(=O)C1CC(=O)N(c2ccccc2Br)C1. The van der Waals surface area contributed by atoms with Crippen molar-refractivity contribution in [2.24, 2.45) is 5.92 Å². The van der Waals surface area contributed by atoms with Gasteiger partial charge in [-0.1, -0.05) is 12.1 Å². The highest BCUT2D eigenvalue weighted by atomic mass is 79.9. The summed E-state index contributed by atoms with van der Waals surface area (Å²) in [4.78, 5) is 38.0. The Balaban J connectivity index is 2.04. The molecule has 118 valence electrons. The van der Waals surface area contributed by atoms with Crippen molar-refractivity contribution in [3.63, 3.8) is 0 Å². The number of amides is 2. The monoisotopic (exact) mass is 368 g/mol. The lowest BCUT2D eigenvalue weighted by atomic mass is 10.1. The topological polar surface area (TPSA) is 77.9 Å². The predicted molar refractivity (Wildman–Crippen MR) is 84.5 cm³/mol. The van der Waals surface area contributed by atoms with E-state index in [1.807, 2.05) is 24.3 Å². The van der Waals surface area contributed by atoms with Crippen LogP contribution >= 0.6 is 15.9 Å². The molecular formula is C15H17BrN2O4. The molecule has 1 aliphatic rings. The van der Waals surface area contributed by atoms with E-state index in [9.17, 15) is 14.4 Å². The Morgan fingerprint density at radius 2 is 2.09 bits per heavy atom. The van der Waals surface area contributed by atoms with Crippen molar-refractivity contribution in [3.8, 4) is 0 Å². The number of hydrogen-bond acceptors (Lipinski definition) is 3. The summed E-state index contributed by atoms with van der Waals surface area (Å²) in [6.45, 7) is 0.464. The van der Waals surface area contributed by atoms with Crippen LogP contribution in [0.25, 0.3) is 0 Å². The first-order valence-electron chi connectivity index (χ1n) is 6.92. The van der Waals surface area contributed by atoms with Crippen LogP contribution in [0.4, 0.5) is 5.69 Å². The van der Waals surface area contributed by atoms with Gasteiger partial charge in [-0.2, -0.15) is 0 Å². The van der Waals surface area contributed by atoms with Crippen LogP contribution in [0.5, 0.6) is 0 Å². The highest BCUT2D eigenvalue weighted by Crippen LogP contribution is 2.31. The summed E-state index contributed by atoms with van der Waals surface area (Å²) in [5, 5.41) is 8.67. The average Bonchev–Trinajstić information content (AvgIpc) is 2.86. The molecule has 7 heteroatoms. The maximum absolute atomic E-state index is 12.3. The summed E-state index contributed by atoms with van der Waals surface area (Å²) in [5.74, 6) is -1.67. The van der Waals surface area contributed by atoms with Crippen LogP contribution < -0.4 is 4.90 Å². The van der Waals surface area contributed by atoms with Gasteiger partial charge < -0.3 is 14.9 Å². The van der Waals surface area contributed by atoms with Gasteiger partial charge in [0.1, 0.15) is 0 Å². The Kier molecular flexibility index (Phi) is 5.18. The molecule has 1 fully saturated rings. The Morgan fingerprint density at radius 1 is 1.41 bits per heavy atom. The van der Waals surface area contributed by atoms with Gasteiger partial charge >= 0.3 is 5.97 Å². The van der Waals surface area contributed by atoms with Gasteiger partial charge in [0, 0.05) is 31.0 Å². The first-order chi connectivity index (χ1) is 10.4. The highest BCUT2D eigenvalue weighted by Gasteiger charge is 2.37.